The molecule has 1 aromatic heterocycles. The van der Waals surface area contributed by atoms with Crippen LogP contribution in [-0.4, -0.2) is 21.9 Å². The van der Waals surface area contributed by atoms with E-state index in [0.29, 0.717) is 19.6 Å². The lowest BCUT2D eigenvalue weighted by Crippen LogP contribution is -2.33. The number of carbonyl (C=O) groups is 1. The van der Waals surface area contributed by atoms with Crippen LogP contribution in [0.5, 0.6) is 0 Å². The number of aromatic nitrogens is 1. The molecule has 0 aliphatic carbocycles. The zero-order valence-corrected chi connectivity index (χ0v) is 17.4. The third-order valence-corrected chi connectivity index (χ3v) is 5.20. The summed E-state index contributed by atoms with van der Waals surface area (Å²) in [5.74, 6) is -0.517. The van der Waals surface area contributed by atoms with Gasteiger partial charge in [-0.15, -0.1) is 0 Å². The van der Waals surface area contributed by atoms with Gasteiger partial charge in [-0.3, -0.25) is 4.79 Å². The molecule has 0 fully saturated rings. The predicted molar refractivity (Wildman–Crippen MR) is 115 cm³/mol. The molecule has 1 amide bonds. The average Bonchev–Trinajstić information content (AvgIpc) is 3.17. The number of carbonyl (C=O) groups excluding carboxylic acids is 1. The first-order valence-corrected chi connectivity index (χ1v) is 10.5. The largest absolute Gasteiger partial charge is 0.345 e. The van der Waals surface area contributed by atoms with E-state index >= 15 is 0 Å². The highest BCUT2D eigenvalue weighted by Crippen LogP contribution is 2.14. The molecular weight excluding hydrogens is 382 g/mol. The van der Waals surface area contributed by atoms with E-state index in [1.165, 1.54) is 24.3 Å². The Hall–Kier alpha value is -2.95. The van der Waals surface area contributed by atoms with Crippen LogP contribution < -0.4 is 0 Å². The van der Waals surface area contributed by atoms with Crippen molar-refractivity contribution in [3.05, 3.63) is 95.3 Å². The summed E-state index contributed by atoms with van der Waals surface area (Å²) in [6.07, 6.45) is 5.33. The Morgan fingerprint density at radius 2 is 1.53 bits per heavy atom. The van der Waals surface area contributed by atoms with E-state index < -0.39 is 0 Å². The Kier molecular flexibility index (Phi) is 7.77. The molecule has 3 nitrogen and oxygen atoms in total. The molecule has 158 valence electrons. The maximum atomic E-state index is 13.2. The van der Waals surface area contributed by atoms with Gasteiger partial charge in [-0.1, -0.05) is 44.0 Å². The molecule has 2 aromatic carbocycles. The summed E-state index contributed by atoms with van der Waals surface area (Å²) >= 11 is 0. The summed E-state index contributed by atoms with van der Waals surface area (Å²) in [6.45, 7) is 3.96. The molecule has 30 heavy (non-hydrogen) atoms. The van der Waals surface area contributed by atoms with Crippen LogP contribution in [0.2, 0.25) is 0 Å². The number of nitrogens with zero attached hydrogens (tertiary/aromatic N) is 2. The molecule has 0 bridgehead atoms. The third-order valence-electron chi connectivity index (χ3n) is 5.20. The minimum absolute atomic E-state index is 0.0345. The SMILES string of the molecule is CCCCCN(Cc1cccn1Cc1ccc(F)cc1)C(=O)Cc1ccc(F)cc1. The molecular formula is C25H28F2N2O. The fourth-order valence-corrected chi connectivity index (χ4v) is 3.46. The summed E-state index contributed by atoms with van der Waals surface area (Å²) in [6, 6.07) is 16.5. The molecule has 0 spiro atoms. The third kappa shape index (κ3) is 6.28. The Balaban J connectivity index is 1.71. The molecule has 0 unspecified atom stereocenters. The molecule has 0 radical (unpaired) electrons. The van der Waals surface area contributed by atoms with Gasteiger partial charge in [0.15, 0.2) is 0 Å². The Bertz CT molecular complexity index is 933. The predicted octanol–water partition coefficient (Wildman–Crippen LogP) is 5.58. The smallest absolute Gasteiger partial charge is 0.227 e. The zero-order valence-electron chi connectivity index (χ0n) is 17.4. The number of benzene rings is 2. The summed E-state index contributed by atoms with van der Waals surface area (Å²) in [7, 11) is 0. The van der Waals surface area contributed by atoms with E-state index in [1.54, 1.807) is 24.3 Å². The Morgan fingerprint density at radius 3 is 2.17 bits per heavy atom. The first kappa shape index (κ1) is 21.8. The van der Waals surface area contributed by atoms with E-state index in [2.05, 4.69) is 11.5 Å². The number of halogens is 2. The molecule has 0 N–H and O–H groups in total. The molecule has 1 heterocycles. The van der Waals surface area contributed by atoms with Gasteiger partial charge in [0.05, 0.1) is 13.0 Å². The van der Waals surface area contributed by atoms with Crippen LogP contribution >= 0.6 is 0 Å². The molecule has 3 rings (SSSR count). The van der Waals surface area contributed by atoms with Crippen LogP contribution in [0.3, 0.4) is 0 Å². The number of unbranched alkanes of at least 4 members (excludes halogenated alkanes) is 2. The van der Waals surface area contributed by atoms with Crippen molar-refractivity contribution >= 4 is 5.91 Å². The fraction of sp³-hybridized carbons (Fsp3) is 0.320. The Labute approximate surface area is 177 Å². The van der Waals surface area contributed by atoms with Crippen molar-refractivity contribution in [2.45, 2.75) is 45.7 Å². The van der Waals surface area contributed by atoms with Crippen molar-refractivity contribution in [3.8, 4) is 0 Å². The van der Waals surface area contributed by atoms with Gasteiger partial charge in [0.25, 0.3) is 0 Å². The molecule has 0 saturated heterocycles. The summed E-state index contributed by atoms with van der Waals surface area (Å²) < 4.78 is 28.4. The van der Waals surface area contributed by atoms with E-state index in [1.807, 2.05) is 23.2 Å². The summed E-state index contributed by atoms with van der Waals surface area (Å²) in [5.41, 5.74) is 2.84. The van der Waals surface area contributed by atoms with Crippen LogP contribution in [0.25, 0.3) is 0 Å². The summed E-state index contributed by atoms with van der Waals surface area (Å²) in [5, 5.41) is 0. The molecule has 0 atom stereocenters. The van der Waals surface area contributed by atoms with Gasteiger partial charge >= 0.3 is 0 Å². The first-order valence-electron chi connectivity index (χ1n) is 10.5. The van der Waals surface area contributed by atoms with Crippen molar-refractivity contribution in [1.29, 1.82) is 0 Å². The Morgan fingerprint density at radius 1 is 0.900 bits per heavy atom. The van der Waals surface area contributed by atoms with Crippen molar-refractivity contribution in [2.75, 3.05) is 6.54 Å². The van der Waals surface area contributed by atoms with Gasteiger partial charge in [0, 0.05) is 25.0 Å². The van der Waals surface area contributed by atoms with Crippen LogP contribution in [0, 0.1) is 11.6 Å². The van der Waals surface area contributed by atoms with Crippen molar-refractivity contribution < 1.29 is 13.6 Å². The highest BCUT2D eigenvalue weighted by Gasteiger charge is 2.16. The second kappa shape index (κ2) is 10.7. The monoisotopic (exact) mass is 410 g/mol. The van der Waals surface area contributed by atoms with Gasteiger partial charge in [-0.2, -0.15) is 0 Å². The van der Waals surface area contributed by atoms with E-state index in [0.717, 1.165) is 36.1 Å². The van der Waals surface area contributed by atoms with Gasteiger partial charge in [-0.05, 0) is 53.9 Å². The van der Waals surface area contributed by atoms with Gasteiger partial charge in [0.2, 0.25) is 5.91 Å². The topological polar surface area (TPSA) is 25.2 Å². The van der Waals surface area contributed by atoms with Crippen molar-refractivity contribution in [3.63, 3.8) is 0 Å². The van der Waals surface area contributed by atoms with Gasteiger partial charge in [-0.25, -0.2) is 8.78 Å². The van der Waals surface area contributed by atoms with Crippen LogP contribution in [0.4, 0.5) is 8.78 Å². The molecule has 0 saturated carbocycles. The number of hydrogen-bond donors (Lipinski definition) is 0. The van der Waals surface area contributed by atoms with E-state index in [9.17, 15) is 13.6 Å². The number of amides is 1. The second-order valence-electron chi connectivity index (χ2n) is 7.58. The van der Waals surface area contributed by atoms with Crippen molar-refractivity contribution in [1.82, 2.24) is 9.47 Å². The number of hydrogen-bond acceptors (Lipinski definition) is 1. The van der Waals surface area contributed by atoms with Crippen LogP contribution in [-0.2, 0) is 24.3 Å². The first-order chi connectivity index (χ1) is 14.5. The number of rotatable bonds is 10. The quantitative estimate of drug-likeness (QED) is 0.401. The van der Waals surface area contributed by atoms with Crippen LogP contribution in [0.1, 0.15) is 43.0 Å². The lowest BCUT2D eigenvalue weighted by Gasteiger charge is -2.24. The normalized spacial score (nSPS) is 10.9. The summed E-state index contributed by atoms with van der Waals surface area (Å²) in [4.78, 5) is 14.9. The highest BCUT2D eigenvalue weighted by molar-refractivity contribution is 5.78. The van der Waals surface area contributed by atoms with E-state index in [4.69, 9.17) is 0 Å². The van der Waals surface area contributed by atoms with Crippen molar-refractivity contribution in [2.24, 2.45) is 0 Å². The molecule has 5 heteroatoms. The lowest BCUT2D eigenvalue weighted by molar-refractivity contribution is -0.131. The molecule has 0 aliphatic heterocycles. The fourth-order valence-electron chi connectivity index (χ4n) is 3.46. The van der Waals surface area contributed by atoms with Crippen LogP contribution in [0.15, 0.2) is 66.9 Å². The van der Waals surface area contributed by atoms with E-state index in [-0.39, 0.29) is 24.0 Å². The maximum Gasteiger partial charge on any atom is 0.227 e. The molecule has 3 aromatic rings. The molecule has 0 aliphatic rings. The average molecular weight is 411 g/mol. The maximum absolute atomic E-state index is 13.2. The van der Waals surface area contributed by atoms with Gasteiger partial charge in [0.1, 0.15) is 11.6 Å². The lowest BCUT2D eigenvalue weighted by atomic mass is 10.1. The highest BCUT2D eigenvalue weighted by atomic mass is 19.1. The standard InChI is InChI=1S/C25H28F2N2O/c1-2-3-4-15-29(25(30)17-20-7-11-22(26)12-8-20)19-24-6-5-16-28(24)18-21-9-13-23(27)14-10-21/h5-14,16H,2-4,15,17-19H2,1H3. The zero-order chi connectivity index (χ0) is 21.3. The van der Waals surface area contributed by atoms with Gasteiger partial charge < -0.3 is 9.47 Å². The second-order valence-corrected chi connectivity index (χ2v) is 7.58. The minimum atomic E-state index is -0.301. The minimum Gasteiger partial charge on any atom is -0.345 e.